The minimum Gasteiger partial charge on any atom is -0.466 e. The largest absolute Gasteiger partial charge is 0.466 e. The number of rotatable bonds is 3. The molecule has 2 heteroatoms. The van der Waals surface area contributed by atoms with Crippen LogP contribution in [0, 0.1) is 20.8 Å². The van der Waals surface area contributed by atoms with Gasteiger partial charge in [0.15, 0.2) is 0 Å². The quantitative estimate of drug-likeness (QED) is 0.903. The molecule has 0 saturated carbocycles. The smallest absolute Gasteiger partial charge is 0.106 e. The maximum Gasteiger partial charge on any atom is 0.106 e. The Bertz CT molecular complexity index is 654. The van der Waals surface area contributed by atoms with Crippen molar-refractivity contribution in [3.8, 4) is 0 Å². The standard InChI is InChI=1S/C19H25NO/c1-12-13(2)21-14(3)18(12)19(20-4)17-10-9-15-7-5-6-8-16(15)11-17/h9-11,19-20H,5-8H2,1-4H3. The lowest BCUT2D eigenvalue weighted by molar-refractivity contribution is 0.495. The van der Waals surface area contributed by atoms with E-state index < -0.39 is 0 Å². The Morgan fingerprint density at radius 3 is 2.33 bits per heavy atom. The van der Waals surface area contributed by atoms with E-state index in [4.69, 9.17) is 4.42 Å². The second-order valence-corrected chi connectivity index (χ2v) is 6.21. The first-order valence-corrected chi connectivity index (χ1v) is 7.97. The van der Waals surface area contributed by atoms with Crippen LogP contribution in [0.5, 0.6) is 0 Å². The van der Waals surface area contributed by atoms with Crippen LogP contribution in [0.4, 0.5) is 0 Å². The summed E-state index contributed by atoms with van der Waals surface area (Å²) in [5.74, 6) is 2.06. The van der Waals surface area contributed by atoms with E-state index >= 15 is 0 Å². The van der Waals surface area contributed by atoms with Crippen LogP contribution < -0.4 is 5.32 Å². The van der Waals surface area contributed by atoms with Crippen molar-refractivity contribution in [2.24, 2.45) is 0 Å². The van der Waals surface area contributed by atoms with Gasteiger partial charge in [-0.2, -0.15) is 0 Å². The summed E-state index contributed by atoms with van der Waals surface area (Å²) in [5.41, 5.74) is 6.99. The minimum atomic E-state index is 0.217. The number of aryl methyl sites for hydroxylation is 4. The molecule has 1 atom stereocenters. The van der Waals surface area contributed by atoms with E-state index in [2.05, 4.69) is 37.4 Å². The van der Waals surface area contributed by atoms with Gasteiger partial charge >= 0.3 is 0 Å². The second-order valence-electron chi connectivity index (χ2n) is 6.21. The van der Waals surface area contributed by atoms with Gasteiger partial charge in [-0.3, -0.25) is 0 Å². The Morgan fingerprint density at radius 2 is 1.71 bits per heavy atom. The van der Waals surface area contributed by atoms with Crippen molar-refractivity contribution in [1.82, 2.24) is 5.32 Å². The molecule has 0 saturated heterocycles. The molecule has 1 heterocycles. The van der Waals surface area contributed by atoms with E-state index in [0.29, 0.717) is 0 Å². The highest BCUT2D eigenvalue weighted by molar-refractivity contribution is 5.43. The highest BCUT2D eigenvalue weighted by Gasteiger charge is 2.22. The molecule has 21 heavy (non-hydrogen) atoms. The SMILES string of the molecule is CNC(c1ccc2c(c1)CCCC2)c1c(C)oc(C)c1C. The number of fused-ring (bicyclic) bond motifs is 1. The second kappa shape index (κ2) is 5.69. The third-order valence-corrected chi connectivity index (χ3v) is 4.90. The van der Waals surface area contributed by atoms with Gasteiger partial charge in [0.25, 0.3) is 0 Å². The van der Waals surface area contributed by atoms with Crippen molar-refractivity contribution in [2.75, 3.05) is 7.05 Å². The maximum absolute atomic E-state index is 5.82. The van der Waals surface area contributed by atoms with Gasteiger partial charge in [-0.15, -0.1) is 0 Å². The van der Waals surface area contributed by atoms with Gasteiger partial charge in [0.05, 0.1) is 6.04 Å². The zero-order valence-corrected chi connectivity index (χ0v) is 13.5. The van der Waals surface area contributed by atoms with Gasteiger partial charge in [-0.1, -0.05) is 18.2 Å². The Morgan fingerprint density at radius 1 is 1.00 bits per heavy atom. The first kappa shape index (κ1) is 14.4. The molecule has 2 nitrogen and oxygen atoms in total. The molecule has 0 bridgehead atoms. The summed E-state index contributed by atoms with van der Waals surface area (Å²) in [7, 11) is 2.03. The van der Waals surface area contributed by atoms with Gasteiger partial charge in [0, 0.05) is 5.56 Å². The van der Waals surface area contributed by atoms with Crippen molar-refractivity contribution in [1.29, 1.82) is 0 Å². The van der Waals surface area contributed by atoms with E-state index in [1.54, 1.807) is 0 Å². The van der Waals surface area contributed by atoms with E-state index in [9.17, 15) is 0 Å². The fourth-order valence-electron chi connectivity index (χ4n) is 3.65. The molecular formula is C19H25NO. The highest BCUT2D eigenvalue weighted by Crippen LogP contribution is 2.33. The topological polar surface area (TPSA) is 25.2 Å². The average molecular weight is 283 g/mol. The van der Waals surface area contributed by atoms with E-state index in [1.807, 2.05) is 14.0 Å². The van der Waals surface area contributed by atoms with Crippen molar-refractivity contribution in [3.05, 3.63) is 57.5 Å². The average Bonchev–Trinajstić information content (AvgIpc) is 2.74. The van der Waals surface area contributed by atoms with Gasteiger partial charge in [-0.05, 0) is 75.8 Å². The number of nitrogens with one attached hydrogen (secondary N) is 1. The first-order valence-electron chi connectivity index (χ1n) is 7.97. The van der Waals surface area contributed by atoms with Gasteiger partial charge in [-0.25, -0.2) is 0 Å². The summed E-state index contributed by atoms with van der Waals surface area (Å²) in [4.78, 5) is 0. The molecule has 1 aliphatic carbocycles. The van der Waals surface area contributed by atoms with Crippen LogP contribution in [0.15, 0.2) is 22.6 Å². The normalized spacial score (nSPS) is 15.8. The Hall–Kier alpha value is -1.54. The summed E-state index contributed by atoms with van der Waals surface area (Å²) in [5, 5.41) is 3.48. The molecule has 1 aliphatic rings. The first-order chi connectivity index (χ1) is 10.1. The fourth-order valence-corrected chi connectivity index (χ4v) is 3.65. The lowest BCUT2D eigenvalue weighted by Gasteiger charge is -2.22. The predicted octanol–water partition coefficient (Wildman–Crippen LogP) is 4.39. The zero-order chi connectivity index (χ0) is 15.0. The fraction of sp³-hybridized carbons (Fsp3) is 0.474. The Kier molecular flexibility index (Phi) is 3.90. The number of furan rings is 1. The Labute approximate surface area is 127 Å². The molecule has 2 aromatic rings. The number of benzene rings is 1. The van der Waals surface area contributed by atoms with Crippen LogP contribution in [-0.2, 0) is 12.8 Å². The van der Waals surface area contributed by atoms with Gasteiger partial charge in [0.2, 0.25) is 0 Å². The van der Waals surface area contributed by atoms with Gasteiger partial charge < -0.3 is 9.73 Å². The van der Waals surface area contributed by atoms with Crippen molar-refractivity contribution < 1.29 is 4.42 Å². The van der Waals surface area contributed by atoms with Gasteiger partial charge in [0.1, 0.15) is 11.5 Å². The van der Waals surface area contributed by atoms with Crippen LogP contribution in [-0.4, -0.2) is 7.05 Å². The summed E-state index contributed by atoms with van der Waals surface area (Å²) in [6, 6.07) is 7.23. The maximum atomic E-state index is 5.82. The highest BCUT2D eigenvalue weighted by atomic mass is 16.3. The van der Waals surface area contributed by atoms with Crippen molar-refractivity contribution >= 4 is 0 Å². The van der Waals surface area contributed by atoms with Crippen molar-refractivity contribution in [3.63, 3.8) is 0 Å². The summed E-state index contributed by atoms with van der Waals surface area (Å²) >= 11 is 0. The molecule has 1 aromatic carbocycles. The zero-order valence-electron chi connectivity index (χ0n) is 13.5. The monoisotopic (exact) mass is 283 g/mol. The molecule has 3 rings (SSSR count). The molecule has 1 N–H and O–H groups in total. The lowest BCUT2D eigenvalue weighted by atomic mass is 9.87. The molecular weight excluding hydrogens is 258 g/mol. The Balaban J connectivity index is 2.04. The van der Waals surface area contributed by atoms with Crippen LogP contribution in [0.1, 0.15) is 58.2 Å². The molecule has 0 amide bonds. The van der Waals surface area contributed by atoms with Crippen LogP contribution in [0.25, 0.3) is 0 Å². The third kappa shape index (κ3) is 2.53. The minimum absolute atomic E-state index is 0.217. The molecule has 1 aromatic heterocycles. The van der Waals surface area contributed by atoms with Crippen LogP contribution >= 0.6 is 0 Å². The number of hydrogen-bond acceptors (Lipinski definition) is 2. The van der Waals surface area contributed by atoms with E-state index in [-0.39, 0.29) is 6.04 Å². The number of hydrogen-bond donors (Lipinski definition) is 1. The van der Waals surface area contributed by atoms with Crippen LogP contribution in [0.2, 0.25) is 0 Å². The molecule has 112 valence electrons. The summed E-state index contributed by atoms with van der Waals surface area (Å²) in [6.45, 7) is 6.27. The molecule has 0 spiro atoms. The van der Waals surface area contributed by atoms with E-state index in [1.165, 1.54) is 53.5 Å². The molecule has 0 aliphatic heterocycles. The van der Waals surface area contributed by atoms with E-state index in [0.717, 1.165) is 11.5 Å². The van der Waals surface area contributed by atoms with Crippen LogP contribution in [0.3, 0.4) is 0 Å². The molecule has 0 fully saturated rings. The molecule has 1 unspecified atom stereocenters. The lowest BCUT2D eigenvalue weighted by Crippen LogP contribution is -2.19. The summed E-state index contributed by atoms with van der Waals surface area (Å²) in [6.07, 6.45) is 5.12. The van der Waals surface area contributed by atoms with Crippen molar-refractivity contribution in [2.45, 2.75) is 52.5 Å². The summed E-state index contributed by atoms with van der Waals surface area (Å²) < 4.78 is 5.82. The predicted molar refractivity (Wildman–Crippen MR) is 86.9 cm³/mol. The third-order valence-electron chi connectivity index (χ3n) is 4.90. The molecule has 0 radical (unpaired) electrons.